The molecule has 0 unspecified atom stereocenters. The molecule has 2 N–H and O–H groups in total. The largest absolute Gasteiger partial charge is 0.303 e. The van der Waals surface area contributed by atoms with Crippen molar-refractivity contribution >= 4 is 6.21 Å². The highest BCUT2D eigenvalue weighted by Gasteiger charge is 1.80. The molecular formula is C7H8N4. The van der Waals surface area contributed by atoms with E-state index in [1.165, 1.54) is 0 Å². The zero-order valence-corrected chi connectivity index (χ0v) is 5.88. The maximum atomic E-state index is 4.74. The fraction of sp³-hybridized carbons (Fsp3) is 0. The van der Waals surface area contributed by atoms with Gasteiger partial charge in [0, 0.05) is 0 Å². The van der Waals surface area contributed by atoms with Gasteiger partial charge in [0.2, 0.25) is 0 Å². The Balaban J connectivity index is 2.64. The van der Waals surface area contributed by atoms with Crippen LogP contribution < -0.4 is 5.84 Å². The molecule has 0 amide bonds. The average molecular weight is 148 g/mol. The lowest BCUT2D eigenvalue weighted by Crippen LogP contribution is -1.77. The van der Waals surface area contributed by atoms with Gasteiger partial charge in [-0.1, -0.05) is 35.6 Å². The van der Waals surface area contributed by atoms with Gasteiger partial charge in [-0.15, -0.1) is 5.10 Å². The summed E-state index contributed by atoms with van der Waals surface area (Å²) in [5, 5.41) is 9.79. The molecular weight excluding hydrogens is 140 g/mol. The van der Waals surface area contributed by atoms with Gasteiger partial charge in [-0.25, -0.2) is 0 Å². The molecule has 0 aliphatic heterocycles. The van der Waals surface area contributed by atoms with Crippen LogP contribution >= 0.6 is 0 Å². The van der Waals surface area contributed by atoms with Gasteiger partial charge in [-0.3, -0.25) is 0 Å². The fourth-order valence-electron chi connectivity index (χ4n) is 0.661. The van der Waals surface area contributed by atoms with E-state index in [1.807, 2.05) is 30.3 Å². The van der Waals surface area contributed by atoms with Gasteiger partial charge in [0.25, 0.3) is 0 Å². The van der Waals surface area contributed by atoms with E-state index >= 15 is 0 Å². The van der Waals surface area contributed by atoms with Crippen LogP contribution in [-0.4, -0.2) is 6.21 Å². The van der Waals surface area contributed by atoms with Crippen molar-refractivity contribution in [2.45, 2.75) is 0 Å². The van der Waals surface area contributed by atoms with Gasteiger partial charge < -0.3 is 5.84 Å². The van der Waals surface area contributed by atoms with E-state index in [4.69, 9.17) is 5.84 Å². The minimum atomic E-state index is 0.972. The Kier molecular flexibility index (Phi) is 2.80. The molecule has 0 aliphatic rings. The smallest absolute Gasteiger partial charge is 0.0586 e. The van der Waals surface area contributed by atoms with Crippen molar-refractivity contribution in [1.29, 1.82) is 0 Å². The Hall–Kier alpha value is -1.71. The predicted octanol–water partition coefficient (Wildman–Crippen LogP) is 1.35. The molecule has 0 fully saturated rings. The van der Waals surface area contributed by atoms with Gasteiger partial charge >= 0.3 is 0 Å². The Morgan fingerprint density at radius 1 is 1.18 bits per heavy atom. The molecule has 1 aromatic rings. The summed E-state index contributed by atoms with van der Waals surface area (Å²) in [4.78, 5) is 0. The summed E-state index contributed by atoms with van der Waals surface area (Å²) in [6.45, 7) is 0. The Labute approximate surface area is 64.4 Å². The van der Waals surface area contributed by atoms with Crippen LogP contribution in [0.3, 0.4) is 0 Å². The minimum Gasteiger partial charge on any atom is -0.303 e. The normalized spacial score (nSPS) is 11.3. The van der Waals surface area contributed by atoms with E-state index < -0.39 is 0 Å². The van der Waals surface area contributed by atoms with E-state index in [-0.39, 0.29) is 0 Å². The number of benzene rings is 1. The summed E-state index contributed by atoms with van der Waals surface area (Å²) < 4.78 is 0. The SMILES string of the molecule is NN=NN=Cc1ccccc1. The summed E-state index contributed by atoms with van der Waals surface area (Å²) in [5.41, 5.74) is 0.972. The molecule has 11 heavy (non-hydrogen) atoms. The van der Waals surface area contributed by atoms with E-state index in [0.717, 1.165) is 5.56 Å². The zero-order valence-electron chi connectivity index (χ0n) is 5.88. The molecule has 0 aromatic heterocycles. The lowest BCUT2D eigenvalue weighted by molar-refractivity contribution is 0.960. The Morgan fingerprint density at radius 3 is 2.55 bits per heavy atom. The zero-order chi connectivity index (χ0) is 7.94. The van der Waals surface area contributed by atoms with Gasteiger partial charge in [-0.05, 0) is 10.8 Å². The number of nitrogens with two attached hydrogens (primary N) is 1. The third-order valence-electron chi connectivity index (χ3n) is 1.11. The van der Waals surface area contributed by atoms with Crippen LogP contribution in [0.2, 0.25) is 0 Å². The highest BCUT2D eigenvalue weighted by molar-refractivity contribution is 5.79. The van der Waals surface area contributed by atoms with Crippen molar-refractivity contribution in [1.82, 2.24) is 0 Å². The summed E-state index contributed by atoms with van der Waals surface area (Å²) >= 11 is 0. The van der Waals surface area contributed by atoms with E-state index in [2.05, 4.69) is 15.5 Å². The number of hydrogen-bond acceptors (Lipinski definition) is 2. The fourth-order valence-corrected chi connectivity index (χ4v) is 0.661. The highest BCUT2D eigenvalue weighted by Crippen LogP contribution is 1.93. The second-order valence-corrected chi connectivity index (χ2v) is 1.86. The van der Waals surface area contributed by atoms with E-state index in [1.54, 1.807) is 6.21 Å². The third-order valence-corrected chi connectivity index (χ3v) is 1.11. The first kappa shape index (κ1) is 7.40. The van der Waals surface area contributed by atoms with Gasteiger partial charge in [0.1, 0.15) is 0 Å². The van der Waals surface area contributed by atoms with Gasteiger partial charge in [0.15, 0.2) is 0 Å². The van der Waals surface area contributed by atoms with Crippen LogP contribution in [0, 0.1) is 0 Å². The summed E-state index contributed by atoms with van der Waals surface area (Å²) in [5.74, 6) is 4.74. The van der Waals surface area contributed by atoms with E-state index in [9.17, 15) is 0 Å². The molecule has 1 aromatic carbocycles. The maximum Gasteiger partial charge on any atom is 0.0586 e. The third kappa shape index (κ3) is 2.57. The molecule has 0 heterocycles. The quantitative estimate of drug-likeness (QED) is 0.292. The lowest BCUT2D eigenvalue weighted by atomic mass is 10.2. The number of nitrogens with zero attached hydrogens (tertiary/aromatic N) is 3. The summed E-state index contributed by atoms with van der Waals surface area (Å²) in [6.07, 6.45) is 1.58. The summed E-state index contributed by atoms with van der Waals surface area (Å²) in [6, 6.07) is 9.59. The van der Waals surface area contributed by atoms with Crippen LogP contribution in [0.25, 0.3) is 0 Å². The van der Waals surface area contributed by atoms with Gasteiger partial charge in [-0.2, -0.15) is 0 Å². The molecule has 0 spiro atoms. The lowest BCUT2D eigenvalue weighted by Gasteiger charge is -1.85. The first-order valence-corrected chi connectivity index (χ1v) is 3.12. The van der Waals surface area contributed by atoms with Crippen molar-refractivity contribution < 1.29 is 0 Å². The minimum absolute atomic E-state index is 0.972. The molecule has 0 saturated carbocycles. The van der Waals surface area contributed by atoms with Crippen molar-refractivity contribution in [2.75, 3.05) is 0 Å². The first-order valence-electron chi connectivity index (χ1n) is 3.12. The number of hydrogen-bond donors (Lipinski definition) is 1. The van der Waals surface area contributed by atoms with Crippen molar-refractivity contribution in [3.63, 3.8) is 0 Å². The molecule has 56 valence electrons. The van der Waals surface area contributed by atoms with Crippen LogP contribution in [0.5, 0.6) is 0 Å². The van der Waals surface area contributed by atoms with Crippen molar-refractivity contribution in [3.05, 3.63) is 35.9 Å². The second kappa shape index (κ2) is 4.16. The van der Waals surface area contributed by atoms with Crippen molar-refractivity contribution in [3.8, 4) is 0 Å². The number of rotatable bonds is 2. The first-order chi connectivity index (χ1) is 5.43. The maximum absolute atomic E-state index is 4.74. The predicted molar refractivity (Wildman–Crippen MR) is 43.1 cm³/mol. The van der Waals surface area contributed by atoms with Crippen LogP contribution in [-0.2, 0) is 0 Å². The van der Waals surface area contributed by atoms with Crippen molar-refractivity contribution in [2.24, 2.45) is 21.4 Å². The van der Waals surface area contributed by atoms with Crippen LogP contribution in [0.4, 0.5) is 0 Å². The van der Waals surface area contributed by atoms with Gasteiger partial charge in [0.05, 0.1) is 6.21 Å². The highest BCUT2D eigenvalue weighted by atomic mass is 15.5. The monoisotopic (exact) mass is 148 g/mol. The Bertz CT molecular complexity index is 252. The molecule has 4 heteroatoms. The Morgan fingerprint density at radius 2 is 1.91 bits per heavy atom. The topological polar surface area (TPSA) is 63.1 Å². The van der Waals surface area contributed by atoms with E-state index in [0.29, 0.717) is 0 Å². The molecule has 0 aliphatic carbocycles. The van der Waals surface area contributed by atoms with Crippen LogP contribution in [0.15, 0.2) is 45.9 Å². The molecule has 0 bridgehead atoms. The molecule has 4 nitrogen and oxygen atoms in total. The molecule has 0 radical (unpaired) electrons. The average Bonchev–Trinajstić information content (AvgIpc) is 2.07. The molecule has 0 atom stereocenters. The summed E-state index contributed by atoms with van der Waals surface area (Å²) in [7, 11) is 0. The molecule has 1 rings (SSSR count). The molecule has 0 saturated heterocycles. The van der Waals surface area contributed by atoms with Crippen LogP contribution in [0.1, 0.15) is 5.56 Å². The standard InChI is InChI=1S/C7H8N4/c8-10-11-9-6-7-4-2-1-3-5-7/h1-6H,(H2,8,11). The second-order valence-electron chi connectivity index (χ2n) is 1.86.